The lowest BCUT2D eigenvalue weighted by Crippen LogP contribution is -2.29. The van der Waals surface area contributed by atoms with Crippen molar-refractivity contribution in [1.29, 1.82) is 0 Å². The molecule has 5 heteroatoms. The third kappa shape index (κ3) is 2.08. The van der Waals surface area contributed by atoms with Crippen LogP contribution in [0, 0.1) is 0 Å². The molecule has 3 aromatic rings. The average Bonchev–Trinajstić information content (AvgIpc) is 3.01. The number of hydrogen-bond donors (Lipinski definition) is 1. The SMILES string of the molecule is O=c1c2c3c(sc2ncn1[C@H]1CCCc2ccccc21)CNCC3. The summed E-state index contributed by atoms with van der Waals surface area (Å²) in [4.78, 5) is 20.1. The number of nitrogens with one attached hydrogen (secondary N) is 1. The number of hydrogen-bond acceptors (Lipinski definition) is 4. The second-order valence-corrected chi connectivity index (χ2v) is 7.76. The minimum Gasteiger partial charge on any atom is -0.312 e. The van der Waals surface area contributed by atoms with Crippen molar-refractivity contribution in [2.45, 2.75) is 38.3 Å². The highest BCUT2D eigenvalue weighted by molar-refractivity contribution is 7.18. The van der Waals surface area contributed by atoms with Gasteiger partial charge in [0.15, 0.2) is 0 Å². The summed E-state index contributed by atoms with van der Waals surface area (Å²) in [6, 6.07) is 8.65. The summed E-state index contributed by atoms with van der Waals surface area (Å²) in [6.07, 6.45) is 5.94. The fourth-order valence-corrected chi connectivity index (χ4v) is 5.31. The molecule has 2 aromatic heterocycles. The Labute approximate surface area is 144 Å². The maximum Gasteiger partial charge on any atom is 0.262 e. The van der Waals surface area contributed by atoms with Crippen LogP contribution in [0.15, 0.2) is 35.4 Å². The number of fused-ring (bicyclic) bond motifs is 4. The molecule has 1 aliphatic heterocycles. The van der Waals surface area contributed by atoms with E-state index in [-0.39, 0.29) is 11.6 Å². The zero-order chi connectivity index (χ0) is 16.1. The molecule has 0 bridgehead atoms. The van der Waals surface area contributed by atoms with Crippen molar-refractivity contribution in [3.8, 4) is 0 Å². The van der Waals surface area contributed by atoms with Gasteiger partial charge in [-0.15, -0.1) is 11.3 Å². The van der Waals surface area contributed by atoms with Gasteiger partial charge in [0.25, 0.3) is 5.56 Å². The quantitative estimate of drug-likeness (QED) is 0.742. The summed E-state index contributed by atoms with van der Waals surface area (Å²) in [5, 5.41) is 4.25. The maximum atomic E-state index is 13.3. The lowest BCUT2D eigenvalue weighted by atomic mass is 9.87. The third-order valence-corrected chi connectivity index (χ3v) is 6.47. The van der Waals surface area contributed by atoms with E-state index in [1.165, 1.54) is 21.6 Å². The average molecular weight is 337 g/mol. The van der Waals surface area contributed by atoms with Gasteiger partial charge < -0.3 is 5.32 Å². The summed E-state index contributed by atoms with van der Waals surface area (Å²) in [6.45, 7) is 1.81. The van der Waals surface area contributed by atoms with Gasteiger partial charge in [0, 0.05) is 11.4 Å². The van der Waals surface area contributed by atoms with Gasteiger partial charge in [-0.1, -0.05) is 24.3 Å². The molecule has 0 spiro atoms. The molecule has 2 aliphatic rings. The van der Waals surface area contributed by atoms with E-state index in [1.54, 1.807) is 17.7 Å². The van der Waals surface area contributed by atoms with Gasteiger partial charge >= 0.3 is 0 Å². The zero-order valence-corrected chi connectivity index (χ0v) is 14.2. The van der Waals surface area contributed by atoms with E-state index in [1.807, 2.05) is 4.57 Å². The summed E-state index contributed by atoms with van der Waals surface area (Å²) in [5.74, 6) is 0. The Balaban J connectivity index is 1.72. The Bertz CT molecular complexity index is 988. The predicted molar refractivity (Wildman–Crippen MR) is 96.8 cm³/mol. The van der Waals surface area contributed by atoms with Crippen molar-refractivity contribution < 1.29 is 0 Å². The fourth-order valence-electron chi connectivity index (χ4n) is 4.17. The minimum atomic E-state index is 0.122. The Morgan fingerprint density at radius 2 is 2.17 bits per heavy atom. The molecule has 1 atom stereocenters. The number of aromatic nitrogens is 2. The van der Waals surface area contributed by atoms with Crippen LogP contribution >= 0.6 is 11.3 Å². The molecule has 1 aromatic carbocycles. The molecule has 122 valence electrons. The van der Waals surface area contributed by atoms with Crippen LogP contribution in [0.1, 0.15) is 40.5 Å². The summed E-state index contributed by atoms with van der Waals surface area (Å²) in [7, 11) is 0. The van der Waals surface area contributed by atoms with Gasteiger partial charge in [-0.05, 0) is 48.9 Å². The first kappa shape index (κ1) is 14.4. The zero-order valence-electron chi connectivity index (χ0n) is 13.4. The third-order valence-electron chi connectivity index (χ3n) is 5.33. The van der Waals surface area contributed by atoms with Crippen LogP contribution in [0.4, 0.5) is 0 Å². The monoisotopic (exact) mass is 337 g/mol. The lowest BCUT2D eigenvalue weighted by molar-refractivity contribution is 0.475. The molecule has 0 saturated carbocycles. The Hall–Kier alpha value is -1.98. The number of thiophene rings is 1. The molecule has 4 nitrogen and oxygen atoms in total. The standard InChI is InChI=1S/C19H19N3OS/c23-19-17-14-8-9-20-10-16(14)24-18(17)21-11-22(19)15-7-3-5-12-4-1-2-6-13(12)15/h1-2,4,6,11,15,20H,3,5,7-10H2/t15-/m0/s1. The number of nitrogens with zero attached hydrogens (tertiary/aromatic N) is 2. The molecule has 1 aliphatic carbocycles. The van der Waals surface area contributed by atoms with E-state index in [0.29, 0.717) is 0 Å². The molecule has 0 fully saturated rings. The molecular formula is C19H19N3OS. The van der Waals surface area contributed by atoms with Gasteiger partial charge in [0.1, 0.15) is 4.83 Å². The van der Waals surface area contributed by atoms with Crippen LogP contribution in [0.5, 0.6) is 0 Å². The minimum absolute atomic E-state index is 0.122. The highest BCUT2D eigenvalue weighted by atomic mass is 32.1. The molecule has 24 heavy (non-hydrogen) atoms. The Morgan fingerprint density at radius 3 is 3.12 bits per heavy atom. The Kier molecular flexibility index (Phi) is 3.31. The first-order valence-corrected chi connectivity index (χ1v) is 9.44. The number of rotatable bonds is 1. The van der Waals surface area contributed by atoms with Crippen LogP contribution in [-0.2, 0) is 19.4 Å². The van der Waals surface area contributed by atoms with Crippen molar-refractivity contribution in [1.82, 2.24) is 14.9 Å². The van der Waals surface area contributed by atoms with Crippen molar-refractivity contribution in [2.24, 2.45) is 0 Å². The van der Waals surface area contributed by atoms with E-state index in [9.17, 15) is 4.79 Å². The van der Waals surface area contributed by atoms with E-state index < -0.39 is 0 Å². The van der Waals surface area contributed by atoms with Crippen LogP contribution in [0.2, 0.25) is 0 Å². The fraction of sp³-hybridized carbons (Fsp3) is 0.368. The second kappa shape index (κ2) is 5.53. The highest BCUT2D eigenvalue weighted by Gasteiger charge is 2.25. The van der Waals surface area contributed by atoms with Crippen LogP contribution in [-0.4, -0.2) is 16.1 Å². The van der Waals surface area contributed by atoms with Gasteiger partial charge in [0.05, 0.1) is 17.8 Å². The van der Waals surface area contributed by atoms with Gasteiger partial charge in [-0.25, -0.2) is 4.98 Å². The van der Waals surface area contributed by atoms with E-state index in [2.05, 4.69) is 34.6 Å². The summed E-state index contributed by atoms with van der Waals surface area (Å²) in [5.41, 5.74) is 4.03. The second-order valence-electron chi connectivity index (χ2n) is 6.67. The molecule has 5 rings (SSSR count). The molecular weight excluding hydrogens is 318 g/mol. The number of benzene rings is 1. The van der Waals surface area contributed by atoms with Crippen LogP contribution < -0.4 is 10.9 Å². The molecule has 0 unspecified atom stereocenters. The van der Waals surface area contributed by atoms with Crippen LogP contribution in [0.25, 0.3) is 10.2 Å². The van der Waals surface area contributed by atoms with E-state index in [0.717, 1.165) is 49.0 Å². The van der Waals surface area contributed by atoms with Gasteiger partial charge in [0.2, 0.25) is 0 Å². The smallest absolute Gasteiger partial charge is 0.262 e. The molecule has 0 amide bonds. The topological polar surface area (TPSA) is 46.9 Å². The predicted octanol–water partition coefficient (Wildman–Crippen LogP) is 3.03. The van der Waals surface area contributed by atoms with Crippen molar-refractivity contribution >= 4 is 21.6 Å². The summed E-state index contributed by atoms with van der Waals surface area (Å²) >= 11 is 1.67. The summed E-state index contributed by atoms with van der Waals surface area (Å²) < 4.78 is 1.88. The van der Waals surface area contributed by atoms with Gasteiger partial charge in [-0.3, -0.25) is 9.36 Å². The molecule has 0 radical (unpaired) electrons. The Morgan fingerprint density at radius 1 is 1.25 bits per heavy atom. The largest absolute Gasteiger partial charge is 0.312 e. The highest BCUT2D eigenvalue weighted by Crippen LogP contribution is 2.34. The normalized spacial score (nSPS) is 19.9. The van der Waals surface area contributed by atoms with Gasteiger partial charge in [-0.2, -0.15) is 0 Å². The first-order valence-electron chi connectivity index (χ1n) is 8.63. The van der Waals surface area contributed by atoms with Crippen molar-refractivity contribution in [3.05, 3.63) is 62.5 Å². The van der Waals surface area contributed by atoms with Crippen molar-refractivity contribution in [2.75, 3.05) is 6.54 Å². The maximum absolute atomic E-state index is 13.3. The first-order chi connectivity index (χ1) is 11.8. The molecule has 1 N–H and O–H groups in total. The van der Waals surface area contributed by atoms with E-state index in [4.69, 9.17) is 0 Å². The van der Waals surface area contributed by atoms with E-state index >= 15 is 0 Å². The lowest BCUT2D eigenvalue weighted by Gasteiger charge is -2.27. The molecule has 3 heterocycles. The van der Waals surface area contributed by atoms with Crippen molar-refractivity contribution in [3.63, 3.8) is 0 Å². The number of aryl methyl sites for hydroxylation is 1. The molecule has 0 saturated heterocycles. The van der Waals surface area contributed by atoms with Crippen LogP contribution in [0.3, 0.4) is 0 Å².